The van der Waals surface area contributed by atoms with Gasteiger partial charge >= 0.3 is 0 Å². The summed E-state index contributed by atoms with van der Waals surface area (Å²) in [5.41, 5.74) is 10.4. The standard InChI is InChI=1S/C20H18NOSi.C19H16N.Ir/c1-23(2,3)14-10-11-15-16-7-6-8-17(18-9-4-5-12-21-18)20(16)22-19(15)13-14;1-14-8-9-20-19(12-14)18-11-15(2)10-17(13-18)16-6-4-3-5-7-16;/h4-7,9-13H,1-3H3;3-10,12-13H,1-2H3;/q2*-1;. The van der Waals surface area contributed by atoms with Crippen LogP contribution in [0.25, 0.3) is 55.6 Å². The maximum Gasteiger partial charge on any atom is 0.120 e. The minimum Gasteiger partial charge on any atom is -0.501 e. The first-order valence-electron chi connectivity index (χ1n) is 14.6. The van der Waals surface area contributed by atoms with Crippen molar-refractivity contribution in [1.82, 2.24) is 9.97 Å². The molecule has 3 aromatic heterocycles. The fourth-order valence-electron chi connectivity index (χ4n) is 5.24. The molecule has 0 fully saturated rings. The minimum absolute atomic E-state index is 0. The maximum absolute atomic E-state index is 6.22. The first-order valence-corrected chi connectivity index (χ1v) is 18.1. The van der Waals surface area contributed by atoms with Crippen molar-refractivity contribution in [2.24, 2.45) is 0 Å². The number of aromatic nitrogens is 2. The molecule has 0 saturated carbocycles. The molecule has 7 rings (SSSR count). The molecule has 1 radical (unpaired) electrons. The van der Waals surface area contributed by atoms with Gasteiger partial charge in [0.2, 0.25) is 0 Å². The largest absolute Gasteiger partial charge is 0.501 e. The van der Waals surface area contributed by atoms with Gasteiger partial charge in [0.05, 0.1) is 13.7 Å². The van der Waals surface area contributed by atoms with Crippen molar-refractivity contribution in [3.05, 3.63) is 139 Å². The van der Waals surface area contributed by atoms with Crippen LogP contribution in [0.4, 0.5) is 0 Å². The van der Waals surface area contributed by atoms with Crippen LogP contribution in [0.5, 0.6) is 0 Å². The van der Waals surface area contributed by atoms with Crippen LogP contribution in [-0.2, 0) is 20.1 Å². The number of aryl methyl sites for hydroxylation is 2. The van der Waals surface area contributed by atoms with Crippen molar-refractivity contribution in [3.63, 3.8) is 0 Å². The zero-order valence-electron chi connectivity index (χ0n) is 25.6. The molecular formula is C39H34IrN2OSi-2. The van der Waals surface area contributed by atoms with Crippen molar-refractivity contribution in [3.8, 4) is 33.6 Å². The molecule has 0 amide bonds. The number of hydrogen-bond donors (Lipinski definition) is 0. The van der Waals surface area contributed by atoms with Crippen LogP contribution in [0.1, 0.15) is 11.1 Å². The van der Waals surface area contributed by atoms with Gasteiger partial charge in [-0.3, -0.25) is 0 Å². The molecule has 0 unspecified atom stereocenters. The number of nitrogens with zero attached hydrogens (tertiary/aromatic N) is 2. The van der Waals surface area contributed by atoms with E-state index in [-0.39, 0.29) is 20.1 Å². The van der Waals surface area contributed by atoms with E-state index in [1.807, 2.05) is 42.6 Å². The molecule has 7 aromatic rings. The van der Waals surface area contributed by atoms with Gasteiger partial charge in [-0.05, 0) is 42.1 Å². The predicted octanol–water partition coefficient (Wildman–Crippen LogP) is 9.82. The average molecular weight is 767 g/mol. The Morgan fingerprint density at radius 1 is 0.682 bits per heavy atom. The Kier molecular flexibility index (Phi) is 9.41. The first-order chi connectivity index (χ1) is 20.8. The van der Waals surface area contributed by atoms with E-state index in [1.165, 1.54) is 21.9 Å². The van der Waals surface area contributed by atoms with Crippen LogP contribution >= 0.6 is 0 Å². The van der Waals surface area contributed by atoms with Crippen LogP contribution in [-0.4, -0.2) is 18.0 Å². The van der Waals surface area contributed by atoms with Crippen molar-refractivity contribution in [1.29, 1.82) is 0 Å². The smallest absolute Gasteiger partial charge is 0.120 e. The Balaban J connectivity index is 0.000000172. The van der Waals surface area contributed by atoms with E-state index >= 15 is 0 Å². The van der Waals surface area contributed by atoms with E-state index in [0.29, 0.717) is 0 Å². The van der Waals surface area contributed by atoms with E-state index in [2.05, 4.69) is 122 Å². The predicted molar refractivity (Wildman–Crippen MR) is 182 cm³/mol. The van der Waals surface area contributed by atoms with Gasteiger partial charge in [-0.1, -0.05) is 109 Å². The van der Waals surface area contributed by atoms with Crippen molar-refractivity contribution >= 4 is 35.2 Å². The third-order valence-corrected chi connectivity index (χ3v) is 9.57. The number of hydrogen-bond acceptors (Lipinski definition) is 3. The molecule has 0 bridgehead atoms. The van der Waals surface area contributed by atoms with Gasteiger partial charge < -0.3 is 14.4 Å². The average Bonchev–Trinajstić information content (AvgIpc) is 3.40. The summed E-state index contributed by atoms with van der Waals surface area (Å²) in [6.07, 6.45) is 3.65. The third-order valence-electron chi connectivity index (χ3n) is 7.52. The number of rotatable bonds is 4. The summed E-state index contributed by atoms with van der Waals surface area (Å²) < 4.78 is 6.22. The molecular weight excluding hydrogens is 733 g/mol. The van der Waals surface area contributed by atoms with Crippen LogP contribution < -0.4 is 5.19 Å². The second kappa shape index (κ2) is 13.2. The quantitative estimate of drug-likeness (QED) is 0.132. The Bertz CT molecular complexity index is 2030. The first kappa shape index (κ1) is 31.3. The molecule has 0 aliphatic carbocycles. The second-order valence-corrected chi connectivity index (χ2v) is 17.0. The SMILES string of the molecule is C[Si](C)(C)c1ccc2c(c1)oc1c(-c3ccccn3)[c-]ccc12.Cc1[c-]c(-c2cc(C)ccn2)cc(-c2ccccc2)c1.[Ir]. The fraction of sp³-hybridized carbons (Fsp3) is 0.128. The molecule has 3 nitrogen and oxygen atoms in total. The van der Waals surface area contributed by atoms with Crippen molar-refractivity contribution < 1.29 is 24.5 Å². The molecule has 0 saturated heterocycles. The molecule has 0 aliphatic heterocycles. The summed E-state index contributed by atoms with van der Waals surface area (Å²) in [7, 11) is -1.36. The van der Waals surface area contributed by atoms with Gasteiger partial charge in [-0.2, -0.15) is 0 Å². The molecule has 0 aliphatic rings. The number of pyridine rings is 2. The molecule has 0 spiro atoms. The van der Waals surface area contributed by atoms with Gasteiger partial charge in [-0.15, -0.1) is 53.1 Å². The Morgan fingerprint density at radius 2 is 1.45 bits per heavy atom. The normalized spacial score (nSPS) is 11.1. The van der Waals surface area contributed by atoms with Gasteiger partial charge in [0.25, 0.3) is 0 Å². The van der Waals surface area contributed by atoms with Gasteiger partial charge in [0, 0.05) is 37.9 Å². The van der Waals surface area contributed by atoms with E-state index in [4.69, 9.17) is 4.42 Å². The zero-order valence-corrected chi connectivity index (χ0v) is 29.0. The summed E-state index contributed by atoms with van der Waals surface area (Å²) in [4.78, 5) is 8.90. The van der Waals surface area contributed by atoms with Crippen LogP contribution in [0, 0.1) is 26.0 Å². The van der Waals surface area contributed by atoms with E-state index in [9.17, 15) is 0 Å². The zero-order chi connectivity index (χ0) is 30.0. The molecule has 44 heavy (non-hydrogen) atoms. The summed E-state index contributed by atoms with van der Waals surface area (Å²) in [6.45, 7) is 11.2. The van der Waals surface area contributed by atoms with Crippen LogP contribution in [0.3, 0.4) is 0 Å². The van der Waals surface area contributed by atoms with Crippen molar-refractivity contribution in [2.45, 2.75) is 33.5 Å². The van der Waals surface area contributed by atoms with Crippen LogP contribution in [0.2, 0.25) is 19.6 Å². The summed E-state index contributed by atoms with van der Waals surface area (Å²) in [6, 6.07) is 42.1. The number of benzene rings is 4. The topological polar surface area (TPSA) is 38.9 Å². The van der Waals surface area contributed by atoms with E-state index in [1.54, 1.807) is 6.20 Å². The summed E-state index contributed by atoms with van der Waals surface area (Å²) in [5, 5.41) is 3.70. The van der Waals surface area contributed by atoms with Gasteiger partial charge in [-0.25, -0.2) is 0 Å². The molecule has 221 valence electrons. The number of furan rings is 1. The second-order valence-electron chi connectivity index (χ2n) is 11.9. The third kappa shape index (κ3) is 6.81. The van der Waals surface area contributed by atoms with Crippen molar-refractivity contribution in [2.75, 3.05) is 0 Å². The van der Waals surface area contributed by atoms with Gasteiger partial charge in [0.15, 0.2) is 0 Å². The van der Waals surface area contributed by atoms with Gasteiger partial charge in [0.1, 0.15) is 5.58 Å². The fourth-order valence-corrected chi connectivity index (χ4v) is 6.39. The monoisotopic (exact) mass is 767 g/mol. The molecule has 3 heterocycles. The Hall–Kier alpha value is -4.15. The molecule has 0 N–H and O–H groups in total. The Labute approximate surface area is 274 Å². The summed E-state index contributed by atoms with van der Waals surface area (Å²) in [5.74, 6) is 0. The Morgan fingerprint density at radius 3 is 2.18 bits per heavy atom. The van der Waals surface area contributed by atoms with Crippen LogP contribution in [0.15, 0.2) is 120 Å². The number of fused-ring (bicyclic) bond motifs is 3. The maximum atomic E-state index is 6.22. The minimum atomic E-state index is -1.36. The summed E-state index contributed by atoms with van der Waals surface area (Å²) >= 11 is 0. The molecule has 0 atom stereocenters. The molecule has 4 aromatic carbocycles. The molecule has 5 heteroatoms. The van der Waals surface area contributed by atoms with E-state index < -0.39 is 8.07 Å². The van der Waals surface area contributed by atoms with E-state index in [0.717, 1.165) is 50.0 Å².